The molecule has 0 fully saturated rings. The smallest absolute Gasteiger partial charge is 0.343 e. The summed E-state index contributed by atoms with van der Waals surface area (Å²) in [4.78, 5) is 0. The van der Waals surface area contributed by atoms with Gasteiger partial charge >= 0.3 is 21.7 Å². The van der Waals surface area contributed by atoms with E-state index < -0.39 is 0 Å². The molecule has 27 heavy (non-hydrogen) atoms. The van der Waals surface area contributed by atoms with E-state index in [-0.39, 0.29) is 21.7 Å². The summed E-state index contributed by atoms with van der Waals surface area (Å²) in [6.07, 6.45) is 17.2. The summed E-state index contributed by atoms with van der Waals surface area (Å²) in [5.74, 6) is 0. The van der Waals surface area contributed by atoms with Crippen molar-refractivity contribution in [3.05, 3.63) is 92.8 Å². The predicted molar refractivity (Wildman–Crippen MR) is 120 cm³/mol. The SMILES string of the molecule is C=CCCC1=[C-]CC=C1.[CH2-]CCC.[CH2-]CCC.[Ti+4].c1ccc2[cH-]ccc2c1. The number of rotatable bonds is 5. The third kappa shape index (κ3) is 15.5. The molecule has 2 aromatic carbocycles. The molecule has 0 unspecified atom stereocenters. The topological polar surface area (TPSA) is 0 Å². The Labute approximate surface area is 183 Å². The van der Waals surface area contributed by atoms with Gasteiger partial charge in [0.2, 0.25) is 0 Å². The van der Waals surface area contributed by atoms with Gasteiger partial charge in [-0.1, -0.05) is 45.3 Å². The number of hydrogen-bond acceptors (Lipinski definition) is 0. The van der Waals surface area contributed by atoms with Crippen LogP contribution in [0.4, 0.5) is 0 Å². The van der Waals surface area contributed by atoms with Gasteiger partial charge in [0.25, 0.3) is 0 Å². The zero-order valence-electron chi connectivity index (χ0n) is 17.3. The van der Waals surface area contributed by atoms with Gasteiger partial charge in [0, 0.05) is 0 Å². The van der Waals surface area contributed by atoms with E-state index >= 15 is 0 Å². The molecule has 0 aromatic heterocycles. The van der Waals surface area contributed by atoms with Crippen LogP contribution in [0, 0.1) is 19.9 Å². The quantitative estimate of drug-likeness (QED) is 0.270. The van der Waals surface area contributed by atoms with Gasteiger partial charge in [-0.25, -0.2) is 11.6 Å². The fourth-order valence-electron chi connectivity index (χ4n) is 1.95. The summed E-state index contributed by atoms with van der Waals surface area (Å²) < 4.78 is 0. The third-order valence-electron chi connectivity index (χ3n) is 3.64. The second kappa shape index (κ2) is 21.1. The van der Waals surface area contributed by atoms with Crippen LogP contribution in [0.1, 0.15) is 58.8 Å². The Kier molecular flexibility index (Phi) is 21.8. The fraction of sp³-hybridized carbons (Fsp3) is 0.346. The Bertz CT molecular complexity index is 578. The standard InChI is InChI=1S/C9H7.C9H11.2C4H9.Ti/c1-2-5-9-7-3-6-8(9)4-1;1-2-3-6-9-7-4-5-8-9;2*1-3-4-2;/h1-7H;2,4,7H,1,3,5-6H2;2*1,3-4H2,2H3;/q4*-1;+4. The molecule has 1 aliphatic carbocycles. The molecular formula is C26H36Ti. The van der Waals surface area contributed by atoms with Gasteiger partial charge in [0.1, 0.15) is 0 Å². The first-order chi connectivity index (χ1) is 12.7. The minimum Gasteiger partial charge on any atom is -0.343 e. The normalized spacial score (nSPS) is 10.9. The molecule has 0 atom stereocenters. The van der Waals surface area contributed by atoms with Crippen molar-refractivity contribution in [2.45, 2.75) is 58.8 Å². The Morgan fingerprint density at radius 1 is 1.11 bits per heavy atom. The van der Waals surface area contributed by atoms with E-state index in [1.54, 1.807) is 0 Å². The summed E-state index contributed by atoms with van der Waals surface area (Å²) in [5, 5.41) is 2.66. The van der Waals surface area contributed by atoms with Gasteiger partial charge in [0.05, 0.1) is 0 Å². The molecule has 3 rings (SSSR count). The Balaban J connectivity index is 0. The first-order valence-electron chi connectivity index (χ1n) is 9.79. The van der Waals surface area contributed by atoms with E-state index in [4.69, 9.17) is 0 Å². The number of allylic oxidation sites excluding steroid dienone is 5. The van der Waals surface area contributed by atoms with Gasteiger partial charge in [0.15, 0.2) is 0 Å². The average molecular weight is 396 g/mol. The van der Waals surface area contributed by atoms with Crippen LogP contribution in [0.25, 0.3) is 10.8 Å². The molecular weight excluding hydrogens is 360 g/mol. The molecule has 0 saturated carbocycles. The minimum atomic E-state index is 0. The molecule has 0 nitrogen and oxygen atoms in total. The molecule has 0 heterocycles. The number of benzene rings is 1. The van der Waals surface area contributed by atoms with Crippen LogP contribution >= 0.6 is 0 Å². The molecule has 0 spiro atoms. The number of fused-ring (bicyclic) bond motifs is 1. The first kappa shape index (κ1) is 28.0. The monoisotopic (exact) mass is 396 g/mol. The Morgan fingerprint density at radius 3 is 2.22 bits per heavy atom. The maximum atomic E-state index is 3.66. The van der Waals surface area contributed by atoms with Crippen LogP contribution in [0.3, 0.4) is 0 Å². The molecule has 0 saturated heterocycles. The minimum absolute atomic E-state index is 0. The van der Waals surface area contributed by atoms with E-state index in [0.717, 1.165) is 32.1 Å². The zero-order valence-corrected chi connectivity index (χ0v) is 18.9. The molecule has 0 aliphatic heterocycles. The van der Waals surface area contributed by atoms with Crippen molar-refractivity contribution >= 4 is 10.8 Å². The maximum Gasteiger partial charge on any atom is 4.00 e. The van der Waals surface area contributed by atoms with Crippen LogP contribution in [0.5, 0.6) is 0 Å². The van der Waals surface area contributed by atoms with Crippen molar-refractivity contribution in [1.29, 1.82) is 0 Å². The molecule has 2 aromatic rings. The van der Waals surface area contributed by atoms with Crippen molar-refractivity contribution in [1.82, 2.24) is 0 Å². The largest absolute Gasteiger partial charge is 4.00 e. The molecule has 0 amide bonds. The second-order valence-corrected chi connectivity index (χ2v) is 6.00. The molecule has 1 aliphatic rings. The van der Waals surface area contributed by atoms with Gasteiger partial charge < -0.3 is 13.8 Å². The van der Waals surface area contributed by atoms with Crippen LogP contribution in [-0.2, 0) is 21.7 Å². The molecule has 144 valence electrons. The van der Waals surface area contributed by atoms with E-state index in [1.807, 2.05) is 6.08 Å². The van der Waals surface area contributed by atoms with Crippen LogP contribution in [0.2, 0.25) is 0 Å². The molecule has 1 heteroatoms. The molecule has 0 N–H and O–H groups in total. The predicted octanol–water partition coefficient (Wildman–Crippen LogP) is 8.44. The molecule has 0 bridgehead atoms. The van der Waals surface area contributed by atoms with E-state index in [1.165, 1.54) is 29.2 Å². The summed E-state index contributed by atoms with van der Waals surface area (Å²) in [6, 6.07) is 14.7. The zero-order chi connectivity index (χ0) is 19.5. The summed E-state index contributed by atoms with van der Waals surface area (Å²) >= 11 is 0. The van der Waals surface area contributed by atoms with Gasteiger partial charge in [-0.2, -0.15) is 36.4 Å². The van der Waals surface area contributed by atoms with Gasteiger partial charge in [-0.15, -0.1) is 42.7 Å². The summed E-state index contributed by atoms with van der Waals surface area (Å²) in [6.45, 7) is 15.1. The van der Waals surface area contributed by atoms with E-state index in [0.29, 0.717) is 0 Å². The average Bonchev–Trinajstić information content (AvgIpc) is 3.38. The van der Waals surface area contributed by atoms with Crippen LogP contribution in [-0.4, -0.2) is 0 Å². The fourth-order valence-corrected chi connectivity index (χ4v) is 1.95. The van der Waals surface area contributed by atoms with Crippen molar-refractivity contribution in [3.63, 3.8) is 0 Å². The third-order valence-corrected chi connectivity index (χ3v) is 3.64. The second-order valence-electron chi connectivity index (χ2n) is 6.00. The van der Waals surface area contributed by atoms with E-state index in [9.17, 15) is 0 Å². The van der Waals surface area contributed by atoms with E-state index in [2.05, 4.69) is 95.0 Å². The van der Waals surface area contributed by atoms with Crippen molar-refractivity contribution in [3.8, 4) is 0 Å². The van der Waals surface area contributed by atoms with Crippen molar-refractivity contribution < 1.29 is 21.7 Å². The Hall–Kier alpha value is -1.24. The summed E-state index contributed by atoms with van der Waals surface area (Å²) in [5.41, 5.74) is 1.34. The number of hydrogen-bond donors (Lipinski definition) is 0. The van der Waals surface area contributed by atoms with Gasteiger partial charge in [-0.05, 0) is 6.42 Å². The number of unbranched alkanes of at least 4 members (excludes halogenated alkanes) is 2. The Morgan fingerprint density at radius 2 is 1.74 bits per heavy atom. The van der Waals surface area contributed by atoms with Gasteiger partial charge in [-0.3, -0.25) is 6.08 Å². The molecule has 0 radical (unpaired) electrons. The maximum absolute atomic E-state index is 3.66. The first-order valence-corrected chi connectivity index (χ1v) is 9.79. The van der Waals surface area contributed by atoms with Crippen LogP contribution < -0.4 is 0 Å². The van der Waals surface area contributed by atoms with Crippen molar-refractivity contribution in [2.24, 2.45) is 0 Å². The van der Waals surface area contributed by atoms with Crippen LogP contribution in [0.15, 0.2) is 72.8 Å². The van der Waals surface area contributed by atoms with Crippen molar-refractivity contribution in [2.75, 3.05) is 0 Å². The summed E-state index contributed by atoms with van der Waals surface area (Å²) in [7, 11) is 0.